The fourth-order valence-electron chi connectivity index (χ4n) is 1.62. The minimum Gasteiger partial charge on any atom is -0.481 e. The normalized spacial score (nSPS) is 11.8. The molecule has 4 nitrogen and oxygen atoms in total. The number of carboxylic acids is 1. The van der Waals surface area contributed by atoms with Crippen LogP contribution < -0.4 is 0 Å². The number of aryl methyl sites for hydroxylation is 1. The van der Waals surface area contributed by atoms with Crippen LogP contribution in [0, 0.1) is 0 Å². The number of carboxylic acid groups (broad SMARTS) is 1. The molecule has 1 N–H and O–H groups in total. The molecule has 0 aliphatic carbocycles. The van der Waals surface area contributed by atoms with Crippen molar-refractivity contribution in [3.05, 3.63) is 15.9 Å². The molecule has 0 radical (unpaired) electrons. The van der Waals surface area contributed by atoms with Gasteiger partial charge in [-0.05, 0) is 15.9 Å². The summed E-state index contributed by atoms with van der Waals surface area (Å²) >= 11 is 3.42. The second-order valence-electron chi connectivity index (χ2n) is 4.55. The second kappa shape index (κ2) is 3.96. The Kier molecular flexibility index (Phi) is 3.23. The number of hydrogen-bond acceptors (Lipinski definition) is 2. The highest BCUT2D eigenvalue weighted by Crippen LogP contribution is 2.31. The lowest BCUT2D eigenvalue weighted by Gasteiger charge is -2.19. The van der Waals surface area contributed by atoms with E-state index in [1.165, 1.54) is 0 Å². The molecule has 0 amide bonds. The van der Waals surface area contributed by atoms with E-state index in [-0.39, 0.29) is 11.8 Å². The Hall–Kier alpha value is -0.840. The second-order valence-corrected chi connectivity index (χ2v) is 5.35. The first-order valence-electron chi connectivity index (χ1n) is 4.67. The van der Waals surface area contributed by atoms with E-state index in [1.54, 1.807) is 4.68 Å². The Morgan fingerprint density at radius 1 is 1.53 bits per heavy atom. The third-order valence-corrected chi connectivity index (χ3v) is 2.92. The van der Waals surface area contributed by atoms with Crippen molar-refractivity contribution < 1.29 is 9.90 Å². The van der Waals surface area contributed by atoms with Crippen molar-refractivity contribution in [1.29, 1.82) is 0 Å². The molecule has 0 fully saturated rings. The van der Waals surface area contributed by atoms with E-state index in [2.05, 4.69) is 41.8 Å². The van der Waals surface area contributed by atoms with Crippen LogP contribution in [-0.4, -0.2) is 20.9 Å². The summed E-state index contributed by atoms with van der Waals surface area (Å²) in [6, 6.07) is 0. The van der Waals surface area contributed by atoms with Crippen LogP contribution in [0.2, 0.25) is 0 Å². The molecule has 0 aliphatic rings. The molecule has 1 heterocycles. The van der Waals surface area contributed by atoms with Crippen molar-refractivity contribution in [2.24, 2.45) is 7.05 Å². The van der Waals surface area contributed by atoms with Gasteiger partial charge in [-0.3, -0.25) is 9.48 Å². The van der Waals surface area contributed by atoms with Gasteiger partial charge in [-0.2, -0.15) is 5.10 Å². The zero-order valence-electron chi connectivity index (χ0n) is 9.33. The maximum Gasteiger partial charge on any atom is 0.309 e. The number of rotatable bonds is 2. The lowest BCUT2D eigenvalue weighted by Crippen LogP contribution is -2.16. The molecule has 0 bridgehead atoms. The third-order valence-electron chi connectivity index (χ3n) is 2.08. The lowest BCUT2D eigenvalue weighted by molar-refractivity contribution is -0.136. The zero-order valence-corrected chi connectivity index (χ0v) is 10.9. The van der Waals surface area contributed by atoms with Gasteiger partial charge < -0.3 is 5.11 Å². The molecule has 1 aromatic heterocycles. The van der Waals surface area contributed by atoms with E-state index in [0.29, 0.717) is 5.69 Å². The van der Waals surface area contributed by atoms with Crippen LogP contribution in [0.15, 0.2) is 4.47 Å². The monoisotopic (exact) mass is 274 g/mol. The molecule has 0 spiro atoms. The maximum atomic E-state index is 10.6. The van der Waals surface area contributed by atoms with Gasteiger partial charge in [-0.25, -0.2) is 0 Å². The number of halogens is 1. The number of aromatic nitrogens is 2. The quantitative estimate of drug-likeness (QED) is 0.899. The Labute approximate surface area is 97.4 Å². The smallest absolute Gasteiger partial charge is 0.309 e. The molecule has 0 unspecified atom stereocenters. The van der Waals surface area contributed by atoms with Crippen LogP contribution in [0.1, 0.15) is 32.2 Å². The van der Waals surface area contributed by atoms with E-state index in [1.807, 2.05) is 7.05 Å². The molecule has 0 saturated carbocycles. The maximum absolute atomic E-state index is 10.6. The molecular formula is C10H15BrN2O2. The van der Waals surface area contributed by atoms with Crippen LogP contribution in [0.4, 0.5) is 0 Å². The van der Waals surface area contributed by atoms with Gasteiger partial charge in [-0.1, -0.05) is 20.8 Å². The molecule has 84 valence electrons. The number of carbonyl (C=O) groups is 1. The van der Waals surface area contributed by atoms with Crippen LogP contribution in [0.3, 0.4) is 0 Å². The highest BCUT2D eigenvalue weighted by Gasteiger charge is 2.25. The Morgan fingerprint density at radius 3 is 2.40 bits per heavy atom. The summed E-state index contributed by atoms with van der Waals surface area (Å²) < 4.78 is 2.54. The van der Waals surface area contributed by atoms with Crippen LogP contribution in [0.25, 0.3) is 0 Å². The van der Waals surface area contributed by atoms with Crippen molar-refractivity contribution in [2.75, 3.05) is 0 Å². The standard InChI is InChI=1S/C10H15BrN2O2/c1-10(2,3)9-8(11)6(5-7(14)15)12-13(9)4/h5H2,1-4H3,(H,14,15). The van der Waals surface area contributed by atoms with Gasteiger partial charge in [0, 0.05) is 12.5 Å². The first-order chi connectivity index (χ1) is 6.73. The zero-order chi connectivity index (χ0) is 11.8. The summed E-state index contributed by atoms with van der Waals surface area (Å²) in [5.41, 5.74) is 1.53. The molecule has 0 aromatic carbocycles. The Balaban J connectivity index is 3.21. The first-order valence-corrected chi connectivity index (χ1v) is 5.46. The molecular weight excluding hydrogens is 260 g/mol. The van der Waals surface area contributed by atoms with Gasteiger partial charge in [-0.15, -0.1) is 0 Å². The highest BCUT2D eigenvalue weighted by molar-refractivity contribution is 9.10. The van der Waals surface area contributed by atoms with Crippen LogP contribution in [-0.2, 0) is 23.7 Å². The highest BCUT2D eigenvalue weighted by atomic mass is 79.9. The molecule has 1 aromatic rings. The predicted octanol–water partition coefficient (Wildman–Crippen LogP) is 2.11. The van der Waals surface area contributed by atoms with Crippen molar-refractivity contribution in [2.45, 2.75) is 32.6 Å². The van der Waals surface area contributed by atoms with Crippen molar-refractivity contribution in [3.8, 4) is 0 Å². The molecule has 1 rings (SSSR count). The van der Waals surface area contributed by atoms with Crippen molar-refractivity contribution in [3.63, 3.8) is 0 Å². The van der Waals surface area contributed by atoms with Crippen molar-refractivity contribution in [1.82, 2.24) is 9.78 Å². The van der Waals surface area contributed by atoms with Gasteiger partial charge in [0.15, 0.2) is 0 Å². The summed E-state index contributed by atoms with van der Waals surface area (Å²) in [6.45, 7) is 6.21. The topological polar surface area (TPSA) is 55.1 Å². The third kappa shape index (κ3) is 2.59. The molecule has 0 saturated heterocycles. The lowest BCUT2D eigenvalue weighted by atomic mass is 9.92. The fourth-order valence-corrected chi connectivity index (χ4v) is 2.70. The largest absolute Gasteiger partial charge is 0.481 e. The summed E-state index contributed by atoms with van der Waals surface area (Å²) in [5.74, 6) is -0.866. The van der Waals surface area contributed by atoms with Crippen molar-refractivity contribution >= 4 is 21.9 Å². The molecule has 15 heavy (non-hydrogen) atoms. The summed E-state index contributed by atoms with van der Waals surface area (Å²) in [5, 5.41) is 12.9. The number of nitrogens with zero attached hydrogens (tertiary/aromatic N) is 2. The van der Waals surface area contributed by atoms with Crippen LogP contribution >= 0.6 is 15.9 Å². The summed E-state index contributed by atoms with van der Waals surface area (Å²) in [4.78, 5) is 10.6. The Morgan fingerprint density at radius 2 is 2.07 bits per heavy atom. The van der Waals surface area contributed by atoms with E-state index < -0.39 is 5.97 Å². The van der Waals surface area contributed by atoms with Gasteiger partial charge in [0.25, 0.3) is 0 Å². The first kappa shape index (κ1) is 12.2. The fraction of sp³-hybridized carbons (Fsp3) is 0.600. The summed E-state index contributed by atoms with van der Waals surface area (Å²) in [7, 11) is 1.83. The van der Waals surface area contributed by atoms with Gasteiger partial charge >= 0.3 is 5.97 Å². The van der Waals surface area contributed by atoms with E-state index in [4.69, 9.17) is 5.11 Å². The summed E-state index contributed by atoms with van der Waals surface area (Å²) in [6.07, 6.45) is -0.0511. The Bertz CT molecular complexity index is 391. The van der Waals surface area contributed by atoms with Gasteiger partial charge in [0.2, 0.25) is 0 Å². The molecule has 0 atom stereocenters. The van der Waals surface area contributed by atoms with Gasteiger partial charge in [0.05, 0.1) is 22.3 Å². The van der Waals surface area contributed by atoms with E-state index in [9.17, 15) is 4.79 Å². The minimum atomic E-state index is -0.866. The average Bonchev–Trinajstić information content (AvgIpc) is 2.23. The number of aliphatic carboxylic acids is 1. The van der Waals surface area contributed by atoms with E-state index in [0.717, 1.165) is 10.2 Å². The molecule has 0 aliphatic heterocycles. The molecule has 5 heteroatoms. The SMILES string of the molecule is Cn1nc(CC(=O)O)c(Br)c1C(C)(C)C. The van der Waals surface area contributed by atoms with Gasteiger partial charge in [0.1, 0.15) is 0 Å². The predicted molar refractivity (Wildman–Crippen MR) is 60.9 cm³/mol. The van der Waals surface area contributed by atoms with E-state index >= 15 is 0 Å². The van der Waals surface area contributed by atoms with Crippen LogP contribution in [0.5, 0.6) is 0 Å². The minimum absolute atomic E-state index is 0.0511. The number of hydrogen-bond donors (Lipinski definition) is 1. The average molecular weight is 275 g/mol.